The Hall–Kier alpha value is -1.38. The monoisotopic (exact) mass is 245 g/mol. The summed E-state index contributed by atoms with van der Waals surface area (Å²) >= 11 is 0. The molecular formula is C15H19NO2. The molecule has 3 rings (SSSR count). The molecule has 0 N–H and O–H groups in total. The predicted octanol–water partition coefficient (Wildman–Crippen LogP) is 2.72. The van der Waals surface area contributed by atoms with Gasteiger partial charge in [0.25, 0.3) is 11.8 Å². The Bertz CT molecular complexity index is 419. The number of hydrogen-bond acceptors (Lipinski definition) is 2. The highest BCUT2D eigenvalue weighted by Crippen LogP contribution is 2.35. The van der Waals surface area contributed by atoms with Crippen molar-refractivity contribution in [2.24, 2.45) is 0 Å². The van der Waals surface area contributed by atoms with E-state index in [0.717, 1.165) is 62.5 Å². The van der Waals surface area contributed by atoms with Crippen LogP contribution >= 0.6 is 0 Å². The van der Waals surface area contributed by atoms with Gasteiger partial charge in [-0.2, -0.15) is 0 Å². The number of hydrogen-bond donors (Lipinski definition) is 0. The molecule has 2 aliphatic carbocycles. The number of nitrogens with zero attached hydrogens (tertiary/aromatic N) is 1. The molecule has 1 unspecified atom stereocenters. The molecule has 0 bridgehead atoms. The lowest BCUT2D eigenvalue weighted by molar-refractivity contribution is -0.139. The van der Waals surface area contributed by atoms with Crippen molar-refractivity contribution in [3.8, 4) is 0 Å². The third-order valence-corrected chi connectivity index (χ3v) is 4.23. The van der Waals surface area contributed by atoms with Crippen molar-refractivity contribution in [2.75, 3.05) is 0 Å². The zero-order chi connectivity index (χ0) is 12.5. The summed E-state index contributed by atoms with van der Waals surface area (Å²) in [6.07, 6.45) is 12.1. The summed E-state index contributed by atoms with van der Waals surface area (Å²) in [6, 6.07) is -0.00176. The molecule has 3 nitrogen and oxygen atoms in total. The fraction of sp³-hybridized carbons (Fsp3) is 0.600. The lowest BCUT2D eigenvalue weighted by Gasteiger charge is -2.23. The van der Waals surface area contributed by atoms with Gasteiger partial charge in [0.2, 0.25) is 0 Å². The van der Waals surface area contributed by atoms with Crippen LogP contribution in [0, 0.1) is 0 Å². The van der Waals surface area contributed by atoms with Crippen molar-refractivity contribution in [2.45, 2.75) is 57.4 Å². The maximum Gasteiger partial charge on any atom is 0.257 e. The van der Waals surface area contributed by atoms with Gasteiger partial charge in [0.1, 0.15) is 0 Å². The van der Waals surface area contributed by atoms with E-state index in [4.69, 9.17) is 0 Å². The van der Waals surface area contributed by atoms with Crippen molar-refractivity contribution in [1.29, 1.82) is 0 Å². The van der Waals surface area contributed by atoms with E-state index in [-0.39, 0.29) is 17.9 Å². The second-order valence-corrected chi connectivity index (χ2v) is 5.42. The maximum atomic E-state index is 12.4. The summed E-state index contributed by atoms with van der Waals surface area (Å²) in [5.41, 5.74) is 1.62. The number of allylic oxidation sites excluding steroid dienone is 1. The topological polar surface area (TPSA) is 37.4 Å². The third-order valence-electron chi connectivity index (χ3n) is 4.23. The number of carbonyl (C=O) groups excluding carboxylic acids is 2. The lowest BCUT2D eigenvalue weighted by Crippen LogP contribution is -2.40. The van der Waals surface area contributed by atoms with Crippen molar-refractivity contribution in [3.05, 3.63) is 23.3 Å². The number of imide groups is 1. The van der Waals surface area contributed by atoms with Crippen LogP contribution in [0.4, 0.5) is 0 Å². The van der Waals surface area contributed by atoms with E-state index in [0.29, 0.717) is 0 Å². The van der Waals surface area contributed by atoms with Crippen LogP contribution in [0.2, 0.25) is 0 Å². The molecule has 2 amide bonds. The highest BCUT2D eigenvalue weighted by molar-refractivity contribution is 6.19. The summed E-state index contributed by atoms with van der Waals surface area (Å²) in [4.78, 5) is 26.3. The third kappa shape index (κ3) is 1.82. The van der Waals surface area contributed by atoms with Gasteiger partial charge in [-0.05, 0) is 44.9 Å². The Morgan fingerprint density at radius 2 is 1.61 bits per heavy atom. The fourth-order valence-corrected chi connectivity index (χ4v) is 3.24. The minimum Gasteiger partial charge on any atom is -0.269 e. The lowest BCUT2D eigenvalue weighted by atomic mass is 9.93. The van der Waals surface area contributed by atoms with Crippen molar-refractivity contribution < 1.29 is 9.59 Å². The van der Waals surface area contributed by atoms with Gasteiger partial charge in [0.15, 0.2) is 0 Å². The van der Waals surface area contributed by atoms with Crippen LogP contribution < -0.4 is 0 Å². The molecule has 1 heterocycles. The van der Waals surface area contributed by atoms with Gasteiger partial charge in [-0.15, -0.1) is 0 Å². The minimum absolute atomic E-state index is 0.00176. The van der Waals surface area contributed by atoms with E-state index in [2.05, 4.69) is 12.2 Å². The highest BCUT2D eigenvalue weighted by atomic mass is 16.2. The van der Waals surface area contributed by atoms with Gasteiger partial charge >= 0.3 is 0 Å². The molecule has 0 saturated carbocycles. The van der Waals surface area contributed by atoms with E-state index in [1.54, 1.807) is 0 Å². The van der Waals surface area contributed by atoms with E-state index in [9.17, 15) is 9.59 Å². The Balaban J connectivity index is 1.86. The van der Waals surface area contributed by atoms with Crippen LogP contribution in [-0.2, 0) is 9.59 Å². The SMILES string of the molecule is O=C1C2=C(CCCC2)C(=O)N1C1C=CCCCC1. The summed E-state index contributed by atoms with van der Waals surface area (Å²) < 4.78 is 0. The fourth-order valence-electron chi connectivity index (χ4n) is 3.24. The molecule has 0 fully saturated rings. The number of rotatable bonds is 1. The molecule has 0 radical (unpaired) electrons. The molecule has 1 atom stereocenters. The average Bonchev–Trinajstić information content (AvgIpc) is 2.61. The molecule has 0 saturated heterocycles. The molecule has 96 valence electrons. The zero-order valence-electron chi connectivity index (χ0n) is 10.7. The van der Waals surface area contributed by atoms with Crippen molar-refractivity contribution in [1.82, 2.24) is 4.90 Å². The first kappa shape index (κ1) is 11.7. The second-order valence-electron chi connectivity index (χ2n) is 5.42. The Morgan fingerprint density at radius 1 is 0.944 bits per heavy atom. The smallest absolute Gasteiger partial charge is 0.257 e. The second kappa shape index (κ2) is 4.71. The highest BCUT2D eigenvalue weighted by Gasteiger charge is 2.41. The largest absolute Gasteiger partial charge is 0.269 e. The molecule has 0 aromatic heterocycles. The minimum atomic E-state index is -0.00810. The van der Waals surface area contributed by atoms with Crippen LogP contribution in [0.15, 0.2) is 23.3 Å². The first-order chi connectivity index (χ1) is 8.79. The van der Waals surface area contributed by atoms with E-state index >= 15 is 0 Å². The van der Waals surface area contributed by atoms with Gasteiger partial charge in [-0.1, -0.05) is 18.6 Å². The van der Waals surface area contributed by atoms with Crippen molar-refractivity contribution >= 4 is 11.8 Å². The van der Waals surface area contributed by atoms with Gasteiger partial charge in [0.05, 0.1) is 6.04 Å². The summed E-state index contributed by atoms with van der Waals surface area (Å²) in [5, 5.41) is 0. The van der Waals surface area contributed by atoms with Gasteiger partial charge < -0.3 is 0 Å². The molecule has 3 heteroatoms. The molecule has 18 heavy (non-hydrogen) atoms. The maximum absolute atomic E-state index is 12.4. The van der Waals surface area contributed by atoms with Crippen LogP contribution in [-0.4, -0.2) is 22.8 Å². The first-order valence-electron chi connectivity index (χ1n) is 7.05. The van der Waals surface area contributed by atoms with Crippen molar-refractivity contribution in [3.63, 3.8) is 0 Å². The Morgan fingerprint density at radius 3 is 2.28 bits per heavy atom. The van der Waals surface area contributed by atoms with Gasteiger partial charge in [-0.3, -0.25) is 14.5 Å². The normalized spacial score (nSPS) is 28.7. The van der Waals surface area contributed by atoms with Crippen LogP contribution in [0.25, 0.3) is 0 Å². The quantitative estimate of drug-likeness (QED) is 0.526. The molecule has 3 aliphatic rings. The van der Waals surface area contributed by atoms with Crippen LogP contribution in [0.3, 0.4) is 0 Å². The van der Waals surface area contributed by atoms with E-state index in [1.165, 1.54) is 4.90 Å². The average molecular weight is 245 g/mol. The molecule has 0 aromatic carbocycles. The Kier molecular flexibility index (Phi) is 3.06. The van der Waals surface area contributed by atoms with E-state index in [1.807, 2.05) is 0 Å². The summed E-state index contributed by atoms with van der Waals surface area (Å²) in [5.74, 6) is -0.0162. The van der Waals surface area contributed by atoms with Crippen LogP contribution in [0.5, 0.6) is 0 Å². The molecule has 0 spiro atoms. The zero-order valence-corrected chi connectivity index (χ0v) is 10.7. The van der Waals surface area contributed by atoms with Gasteiger partial charge in [0, 0.05) is 11.1 Å². The number of amides is 2. The molecule has 1 aliphatic heterocycles. The summed E-state index contributed by atoms with van der Waals surface area (Å²) in [6.45, 7) is 0. The van der Waals surface area contributed by atoms with Gasteiger partial charge in [-0.25, -0.2) is 0 Å². The standard InChI is InChI=1S/C15H19NO2/c17-14-12-9-5-6-10-13(12)15(18)16(14)11-7-3-1-2-4-8-11/h3,7,11H,1-2,4-6,8-10H2. The van der Waals surface area contributed by atoms with Crippen LogP contribution in [0.1, 0.15) is 51.4 Å². The Labute approximate surface area is 108 Å². The number of carbonyl (C=O) groups is 2. The molecule has 0 aromatic rings. The summed E-state index contributed by atoms with van der Waals surface area (Å²) in [7, 11) is 0. The predicted molar refractivity (Wildman–Crippen MR) is 68.7 cm³/mol. The molecular weight excluding hydrogens is 226 g/mol. The first-order valence-corrected chi connectivity index (χ1v) is 7.05. The van der Waals surface area contributed by atoms with E-state index < -0.39 is 0 Å².